The Morgan fingerprint density at radius 1 is 1.18 bits per heavy atom. The number of fused-ring (bicyclic) bond motifs is 1. The molecular formula is C19H21NO2. The summed E-state index contributed by atoms with van der Waals surface area (Å²) >= 11 is 0. The maximum absolute atomic E-state index is 11.5. The van der Waals surface area contributed by atoms with Gasteiger partial charge in [0.2, 0.25) is 0 Å². The molecule has 0 heterocycles. The summed E-state index contributed by atoms with van der Waals surface area (Å²) in [5, 5.41) is 12.1. The van der Waals surface area contributed by atoms with Gasteiger partial charge in [-0.15, -0.1) is 0 Å². The molecule has 1 unspecified atom stereocenters. The first-order valence-electron chi connectivity index (χ1n) is 7.62. The Hall–Kier alpha value is -2.34. The van der Waals surface area contributed by atoms with Crippen molar-refractivity contribution < 1.29 is 9.53 Å². The molecular weight excluding hydrogens is 274 g/mol. The van der Waals surface area contributed by atoms with Gasteiger partial charge in [-0.05, 0) is 35.2 Å². The van der Waals surface area contributed by atoms with E-state index in [0.29, 0.717) is 6.42 Å². The van der Waals surface area contributed by atoms with Crippen molar-refractivity contribution in [3.8, 4) is 6.07 Å². The van der Waals surface area contributed by atoms with Gasteiger partial charge in [-0.1, -0.05) is 49.7 Å². The summed E-state index contributed by atoms with van der Waals surface area (Å²) in [6.45, 7) is 2.06. The van der Waals surface area contributed by atoms with Gasteiger partial charge in [0.25, 0.3) is 0 Å². The summed E-state index contributed by atoms with van der Waals surface area (Å²) in [7, 11) is 1.38. The Balaban J connectivity index is 2.41. The molecule has 0 aliphatic carbocycles. The first-order valence-corrected chi connectivity index (χ1v) is 7.62. The number of nitrogens with zero attached hydrogens (tertiary/aromatic N) is 1. The van der Waals surface area contributed by atoms with E-state index in [9.17, 15) is 10.1 Å². The van der Waals surface area contributed by atoms with E-state index in [1.165, 1.54) is 7.11 Å². The Labute approximate surface area is 131 Å². The zero-order chi connectivity index (χ0) is 16.0. The molecule has 0 saturated heterocycles. The molecule has 0 amide bonds. The van der Waals surface area contributed by atoms with E-state index in [1.54, 1.807) is 0 Å². The van der Waals surface area contributed by atoms with E-state index in [-0.39, 0.29) is 12.4 Å². The number of ether oxygens (including phenoxy) is 1. The predicted molar refractivity (Wildman–Crippen MR) is 87.4 cm³/mol. The highest BCUT2D eigenvalue weighted by atomic mass is 16.5. The van der Waals surface area contributed by atoms with Gasteiger partial charge in [0.15, 0.2) is 0 Å². The van der Waals surface area contributed by atoms with Crippen LogP contribution in [0.25, 0.3) is 10.8 Å². The van der Waals surface area contributed by atoms with Crippen LogP contribution >= 0.6 is 0 Å². The van der Waals surface area contributed by atoms with Crippen molar-refractivity contribution in [1.29, 1.82) is 5.26 Å². The summed E-state index contributed by atoms with van der Waals surface area (Å²) in [5.41, 5.74) is 0.354. The zero-order valence-corrected chi connectivity index (χ0v) is 13.1. The molecule has 2 aromatic carbocycles. The summed E-state index contributed by atoms with van der Waals surface area (Å²) in [5.74, 6) is -0.267. The van der Waals surface area contributed by atoms with Crippen LogP contribution < -0.4 is 0 Å². The molecule has 0 radical (unpaired) electrons. The van der Waals surface area contributed by atoms with Crippen LogP contribution in [0, 0.1) is 11.3 Å². The Kier molecular flexibility index (Phi) is 5.16. The number of rotatable bonds is 6. The van der Waals surface area contributed by atoms with Crippen molar-refractivity contribution in [3.05, 3.63) is 48.0 Å². The number of nitriles is 1. The van der Waals surface area contributed by atoms with Crippen LogP contribution in [0.1, 0.15) is 38.2 Å². The molecule has 1 atom stereocenters. The van der Waals surface area contributed by atoms with E-state index in [0.717, 1.165) is 29.2 Å². The Morgan fingerprint density at radius 3 is 2.55 bits per heavy atom. The highest BCUT2D eigenvalue weighted by Crippen LogP contribution is 2.35. The van der Waals surface area contributed by atoms with Gasteiger partial charge in [0.1, 0.15) is 0 Å². The van der Waals surface area contributed by atoms with Crippen molar-refractivity contribution in [1.82, 2.24) is 0 Å². The summed E-state index contributed by atoms with van der Waals surface area (Å²) in [6.07, 6.45) is 2.37. The first kappa shape index (κ1) is 16.0. The molecule has 22 heavy (non-hydrogen) atoms. The lowest BCUT2D eigenvalue weighted by Gasteiger charge is -2.27. The Bertz CT molecular complexity index is 702. The smallest absolute Gasteiger partial charge is 0.305 e. The molecule has 2 aromatic rings. The van der Waals surface area contributed by atoms with Crippen LogP contribution in [0.2, 0.25) is 0 Å². The number of carbonyl (C=O) groups excluding carboxylic acids is 1. The molecule has 0 aromatic heterocycles. The molecule has 3 heteroatoms. The fraction of sp³-hybridized carbons (Fsp3) is 0.368. The van der Waals surface area contributed by atoms with E-state index in [4.69, 9.17) is 4.74 Å². The van der Waals surface area contributed by atoms with Crippen molar-refractivity contribution in [2.24, 2.45) is 0 Å². The third kappa shape index (κ3) is 3.28. The van der Waals surface area contributed by atoms with Crippen molar-refractivity contribution in [2.45, 2.75) is 38.0 Å². The molecule has 2 rings (SSSR count). The molecule has 0 saturated carbocycles. The average molecular weight is 295 g/mol. The first-order chi connectivity index (χ1) is 10.6. The van der Waals surface area contributed by atoms with Gasteiger partial charge < -0.3 is 4.74 Å². The summed E-state index contributed by atoms with van der Waals surface area (Å²) in [6, 6.07) is 16.7. The summed E-state index contributed by atoms with van der Waals surface area (Å²) < 4.78 is 4.73. The van der Waals surface area contributed by atoms with Crippen molar-refractivity contribution in [2.75, 3.05) is 7.11 Å². The van der Waals surface area contributed by atoms with E-state index < -0.39 is 5.41 Å². The maximum atomic E-state index is 11.5. The van der Waals surface area contributed by atoms with E-state index in [2.05, 4.69) is 25.1 Å². The maximum Gasteiger partial charge on any atom is 0.305 e. The van der Waals surface area contributed by atoms with Gasteiger partial charge in [-0.2, -0.15) is 5.26 Å². The summed E-state index contributed by atoms with van der Waals surface area (Å²) in [4.78, 5) is 11.5. The molecule has 114 valence electrons. The Morgan fingerprint density at radius 2 is 1.91 bits per heavy atom. The fourth-order valence-corrected chi connectivity index (χ4v) is 2.92. The van der Waals surface area contributed by atoms with Crippen LogP contribution in [-0.4, -0.2) is 13.1 Å². The lowest BCUT2D eigenvalue weighted by atomic mass is 9.74. The van der Waals surface area contributed by atoms with Crippen molar-refractivity contribution in [3.63, 3.8) is 0 Å². The number of carbonyl (C=O) groups is 1. The molecule has 0 fully saturated rings. The third-order valence-electron chi connectivity index (χ3n) is 4.18. The topological polar surface area (TPSA) is 50.1 Å². The number of benzene rings is 2. The van der Waals surface area contributed by atoms with Gasteiger partial charge in [-0.25, -0.2) is 0 Å². The molecule has 3 nitrogen and oxygen atoms in total. The van der Waals surface area contributed by atoms with Gasteiger partial charge >= 0.3 is 5.97 Å². The number of hydrogen-bond donors (Lipinski definition) is 0. The number of hydrogen-bond acceptors (Lipinski definition) is 3. The average Bonchev–Trinajstić information content (AvgIpc) is 2.58. The second-order valence-electron chi connectivity index (χ2n) is 5.58. The largest absolute Gasteiger partial charge is 0.469 e. The third-order valence-corrected chi connectivity index (χ3v) is 4.18. The molecule has 0 N–H and O–H groups in total. The molecule has 0 aliphatic heterocycles. The minimum atomic E-state index is -0.632. The second-order valence-corrected chi connectivity index (χ2v) is 5.58. The monoisotopic (exact) mass is 295 g/mol. The normalized spacial score (nSPS) is 13.3. The molecule has 0 spiro atoms. The number of esters is 1. The molecule has 0 bridgehead atoms. The lowest BCUT2D eigenvalue weighted by molar-refractivity contribution is -0.140. The van der Waals surface area contributed by atoms with Crippen LogP contribution in [0.4, 0.5) is 0 Å². The fourth-order valence-electron chi connectivity index (χ4n) is 2.92. The van der Waals surface area contributed by atoms with Crippen molar-refractivity contribution >= 4 is 16.7 Å². The van der Waals surface area contributed by atoms with Crippen LogP contribution in [-0.2, 0) is 14.9 Å². The minimum Gasteiger partial charge on any atom is -0.469 e. The zero-order valence-electron chi connectivity index (χ0n) is 13.1. The number of methoxy groups -OCH3 is 1. The van der Waals surface area contributed by atoms with Crippen LogP contribution in [0.3, 0.4) is 0 Å². The second kappa shape index (κ2) is 7.09. The highest BCUT2D eigenvalue weighted by Gasteiger charge is 2.32. The quantitative estimate of drug-likeness (QED) is 0.744. The predicted octanol–water partition coefficient (Wildman–Crippen LogP) is 4.35. The standard InChI is InChI=1S/C19H21NO2/c1-3-11-19(14-20,12-10-18(21)22-2)17-9-8-15-6-4-5-7-16(15)13-17/h4-9,13H,3,10-12H2,1-2H3. The van der Waals surface area contributed by atoms with Crippen LogP contribution in [0.5, 0.6) is 0 Å². The highest BCUT2D eigenvalue weighted by molar-refractivity contribution is 5.83. The van der Waals surface area contributed by atoms with Crippen LogP contribution in [0.15, 0.2) is 42.5 Å². The molecule has 0 aliphatic rings. The van der Waals surface area contributed by atoms with Gasteiger partial charge in [0, 0.05) is 6.42 Å². The lowest BCUT2D eigenvalue weighted by Crippen LogP contribution is -2.25. The minimum absolute atomic E-state index is 0.261. The van der Waals surface area contributed by atoms with E-state index in [1.807, 2.05) is 30.3 Å². The van der Waals surface area contributed by atoms with Gasteiger partial charge in [-0.3, -0.25) is 4.79 Å². The van der Waals surface area contributed by atoms with Gasteiger partial charge in [0.05, 0.1) is 18.6 Å². The van der Waals surface area contributed by atoms with E-state index >= 15 is 0 Å². The SMILES string of the molecule is CCCC(C#N)(CCC(=O)OC)c1ccc2ccccc2c1.